The van der Waals surface area contributed by atoms with Crippen molar-refractivity contribution in [3.63, 3.8) is 0 Å². The highest BCUT2D eigenvalue weighted by atomic mass is 35.5. The number of carbonyl (C=O) groups excluding carboxylic acids is 1. The Morgan fingerprint density at radius 2 is 2.12 bits per heavy atom. The Bertz CT molecular complexity index is 567. The molecule has 0 bridgehead atoms. The zero-order chi connectivity index (χ0) is 12.4. The van der Waals surface area contributed by atoms with Gasteiger partial charge < -0.3 is 5.32 Å². The number of hydrogen-bond acceptors (Lipinski definition) is 2. The Kier molecular flexibility index (Phi) is 3.45. The number of hydrogen-bond donors (Lipinski definition) is 1. The molecule has 0 aliphatic carbocycles. The van der Waals surface area contributed by atoms with Gasteiger partial charge >= 0.3 is 0 Å². The number of halogens is 2. The topological polar surface area (TPSA) is 29.1 Å². The summed E-state index contributed by atoms with van der Waals surface area (Å²) in [6.45, 7) is 1.80. The number of amides is 1. The highest BCUT2D eigenvalue weighted by molar-refractivity contribution is 7.18. The molecule has 1 N–H and O–H groups in total. The molecule has 88 valence electrons. The highest BCUT2D eigenvalue weighted by Crippen LogP contribution is 2.23. The second kappa shape index (κ2) is 4.85. The molecule has 0 atom stereocenters. The van der Waals surface area contributed by atoms with Crippen molar-refractivity contribution in [1.29, 1.82) is 0 Å². The predicted octanol–water partition coefficient (Wildman–Crippen LogP) is 4.10. The molecular formula is C12H9ClFNOS. The third-order valence-electron chi connectivity index (χ3n) is 2.24. The van der Waals surface area contributed by atoms with E-state index in [1.807, 2.05) is 0 Å². The lowest BCUT2D eigenvalue weighted by Crippen LogP contribution is -2.11. The van der Waals surface area contributed by atoms with Crippen LogP contribution in [-0.2, 0) is 0 Å². The van der Waals surface area contributed by atoms with Gasteiger partial charge in [0.05, 0.1) is 9.21 Å². The van der Waals surface area contributed by atoms with Gasteiger partial charge in [-0.25, -0.2) is 4.39 Å². The van der Waals surface area contributed by atoms with Gasteiger partial charge in [-0.1, -0.05) is 17.7 Å². The van der Waals surface area contributed by atoms with Crippen LogP contribution in [0, 0.1) is 12.7 Å². The molecule has 1 heterocycles. The maximum Gasteiger partial charge on any atom is 0.265 e. The lowest BCUT2D eigenvalue weighted by Gasteiger charge is -2.07. The van der Waals surface area contributed by atoms with Gasteiger partial charge in [0.1, 0.15) is 5.82 Å². The van der Waals surface area contributed by atoms with Crippen LogP contribution in [0.2, 0.25) is 4.34 Å². The molecule has 0 saturated heterocycles. The Balaban J connectivity index is 2.21. The van der Waals surface area contributed by atoms with Crippen LogP contribution in [0.4, 0.5) is 10.1 Å². The molecule has 1 amide bonds. The van der Waals surface area contributed by atoms with Crippen molar-refractivity contribution in [2.24, 2.45) is 0 Å². The van der Waals surface area contributed by atoms with Gasteiger partial charge in [0.15, 0.2) is 0 Å². The summed E-state index contributed by atoms with van der Waals surface area (Å²) in [4.78, 5) is 12.3. The first-order valence-electron chi connectivity index (χ1n) is 4.89. The predicted molar refractivity (Wildman–Crippen MR) is 68.4 cm³/mol. The van der Waals surface area contributed by atoms with Crippen molar-refractivity contribution in [3.8, 4) is 0 Å². The summed E-state index contributed by atoms with van der Waals surface area (Å²) in [5, 5.41) is 2.65. The summed E-state index contributed by atoms with van der Waals surface area (Å²) in [7, 11) is 0. The average molecular weight is 270 g/mol. The SMILES string of the molecule is Cc1ccc(F)cc1NC(=O)c1ccc(Cl)s1. The van der Waals surface area contributed by atoms with Gasteiger partial charge in [-0.15, -0.1) is 11.3 Å². The van der Waals surface area contributed by atoms with E-state index in [9.17, 15) is 9.18 Å². The number of nitrogens with one attached hydrogen (secondary N) is 1. The first-order chi connectivity index (χ1) is 8.06. The van der Waals surface area contributed by atoms with E-state index in [0.717, 1.165) is 5.56 Å². The number of anilines is 1. The second-order valence-corrected chi connectivity index (χ2v) is 5.23. The number of carbonyl (C=O) groups is 1. The monoisotopic (exact) mass is 269 g/mol. The molecule has 0 spiro atoms. The zero-order valence-corrected chi connectivity index (χ0v) is 10.5. The standard InChI is InChI=1S/C12H9ClFNOS/c1-7-2-3-8(14)6-9(7)15-12(16)10-4-5-11(13)17-10/h2-6H,1H3,(H,15,16). The molecule has 0 radical (unpaired) electrons. The molecule has 2 nitrogen and oxygen atoms in total. The molecule has 0 aliphatic heterocycles. The zero-order valence-electron chi connectivity index (χ0n) is 8.96. The quantitative estimate of drug-likeness (QED) is 0.874. The molecular weight excluding hydrogens is 261 g/mol. The van der Waals surface area contributed by atoms with E-state index in [2.05, 4.69) is 5.32 Å². The largest absolute Gasteiger partial charge is 0.321 e. The Hall–Kier alpha value is -1.39. The Labute approximate surface area is 107 Å². The first kappa shape index (κ1) is 12.1. The van der Waals surface area contributed by atoms with Gasteiger partial charge in [0.2, 0.25) is 0 Å². The summed E-state index contributed by atoms with van der Waals surface area (Å²) in [5.41, 5.74) is 1.28. The van der Waals surface area contributed by atoms with Crippen LogP contribution in [0.1, 0.15) is 15.2 Å². The van der Waals surface area contributed by atoms with E-state index < -0.39 is 0 Å². The number of rotatable bonds is 2. The fraction of sp³-hybridized carbons (Fsp3) is 0.0833. The molecule has 0 unspecified atom stereocenters. The van der Waals surface area contributed by atoms with Crippen molar-refractivity contribution in [3.05, 3.63) is 50.9 Å². The normalized spacial score (nSPS) is 10.3. The van der Waals surface area contributed by atoms with Crippen LogP contribution >= 0.6 is 22.9 Å². The van der Waals surface area contributed by atoms with Crippen molar-refractivity contribution in [2.45, 2.75) is 6.92 Å². The van der Waals surface area contributed by atoms with Crippen LogP contribution in [0.3, 0.4) is 0 Å². The maximum absolute atomic E-state index is 13.0. The van der Waals surface area contributed by atoms with E-state index >= 15 is 0 Å². The molecule has 0 fully saturated rings. The number of thiophene rings is 1. The van der Waals surface area contributed by atoms with Crippen LogP contribution in [0.5, 0.6) is 0 Å². The Morgan fingerprint density at radius 3 is 2.76 bits per heavy atom. The summed E-state index contributed by atoms with van der Waals surface area (Å²) < 4.78 is 13.6. The van der Waals surface area contributed by atoms with Crippen LogP contribution in [-0.4, -0.2) is 5.91 Å². The minimum atomic E-state index is -0.380. The number of aryl methyl sites for hydroxylation is 1. The van der Waals surface area contributed by atoms with Crippen molar-refractivity contribution in [1.82, 2.24) is 0 Å². The Morgan fingerprint density at radius 1 is 1.35 bits per heavy atom. The fourth-order valence-electron chi connectivity index (χ4n) is 1.35. The third-order valence-corrected chi connectivity index (χ3v) is 3.47. The molecule has 2 rings (SSSR count). The van der Waals surface area contributed by atoms with Crippen molar-refractivity contribution < 1.29 is 9.18 Å². The van der Waals surface area contributed by atoms with Gasteiger partial charge in [0.25, 0.3) is 5.91 Å². The summed E-state index contributed by atoms with van der Waals surface area (Å²) in [5.74, 6) is -0.661. The summed E-state index contributed by atoms with van der Waals surface area (Å²) in [6, 6.07) is 7.55. The number of benzene rings is 1. The van der Waals surface area contributed by atoms with Gasteiger partial charge in [-0.2, -0.15) is 0 Å². The molecule has 1 aromatic heterocycles. The van der Waals surface area contributed by atoms with Crippen LogP contribution in [0.25, 0.3) is 0 Å². The first-order valence-corrected chi connectivity index (χ1v) is 6.08. The summed E-state index contributed by atoms with van der Waals surface area (Å²) >= 11 is 6.93. The van der Waals surface area contributed by atoms with Crippen molar-refractivity contribution >= 4 is 34.5 Å². The molecule has 17 heavy (non-hydrogen) atoms. The molecule has 0 saturated carbocycles. The lowest BCUT2D eigenvalue weighted by atomic mass is 10.2. The molecule has 5 heteroatoms. The fourth-order valence-corrected chi connectivity index (χ4v) is 2.29. The van der Waals surface area contributed by atoms with Gasteiger partial charge in [0, 0.05) is 5.69 Å². The molecule has 1 aromatic carbocycles. The van der Waals surface area contributed by atoms with E-state index in [4.69, 9.17) is 11.6 Å². The van der Waals surface area contributed by atoms with Crippen LogP contribution in [0.15, 0.2) is 30.3 Å². The minimum Gasteiger partial charge on any atom is -0.321 e. The van der Waals surface area contributed by atoms with Crippen molar-refractivity contribution in [2.75, 3.05) is 5.32 Å². The smallest absolute Gasteiger partial charge is 0.265 e. The van der Waals surface area contributed by atoms with E-state index in [-0.39, 0.29) is 11.7 Å². The highest BCUT2D eigenvalue weighted by Gasteiger charge is 2.10. The van der Waals surface area contributed by atoms with Gasteiger partial charge in [-0.05, 0) is 36.8 Å². The minimum absolute atomic E-state index is 0.282. The second-order valence-electron chi connectivity index (χ2n) is 3.52. The van der Waals surface area contributed by atoms with E-state index in [1.54, 1.807) is 25.1 Å². The molecule has 2 aromatic rings. The van der Waals surface area contributed by atoms with E-state index in [0.29, 0.717) is 14.9 Å². The molecule has 0 aliphatic rings. The van der Waals surface area contributed by atoms with Gasteiger partial charge in [-0.3, -0.25) is 4.79 Å². The third kappa shape index (κ3) is 2.84. The van der Waals surface area contributed by atoms with Crippen LogP contribution < -0.4 is 5.32 Å². The summed E-state index contributed by atoms with van der Waals surface area (Å²) in [6.07, 6.45) is 0. The lowest BCUT2D eigenvalue weighted by molar-refractivity contribution is 0.103. The van der Waals surface area contributed by atoms with E-state index in [1.165, 1.54) is 23.5 Å². The average Bonchev–Trinajstić information content (AvgIpc) is 2.70. The maximum atomic E-state index is 13.0.